The highest BCUT2D eigenvalue weighted by atomic mass is 79.9. The second-order valence-electron chi connectivity index (χ2n) is 7.54. The highest BCUT2D eigenvalue weighted by molar-refractivity contribution is 9.11. The van der Waals surface area contributed by atoms with Crippen LogP contribution in [-0.4, -0.2) is 65.6 Å². The van der Waals surface area contributed by atoms with Crippen LogP contribution < -0.4 is 0 Å². The monoisotopic (exact) mass is 427 g/mol. The predicted octanol–water partition coefficient (Wildman–Crippen LogP) is 3.40. The molecule has 7 heteroatoms. The molecule has 0 N–H and O–H groups in total. The zero-order chi connectivity index (χ0) is 17.2. The summed E-state index contributed by atoms with van der Waals surface area (Å²) in [7, 11) is 0. The minimum atomic E-state index is 0.130. The van der Waals surface area contributed by atoms with Crippen LogP contribution in [0, 0.1) is 5.92 Å². The van der Waals surface area contributed by atoms with Gasteiger partial charge in [0.1, 0.15) is 4.88 Å². The Bertz CT molecular complexity index is 599. The van der Waals surface area contributed by atoms with Crippen LogP contribution in [0.2, 0.25) is 0 Å². The van der Waals surface area contributed by atoms with Crippen LogP contribution in [-0.2, 0) is 4.74 Å². The molecule has 1 amide bonds. The average molecular weight is 428 g/mol. The quantitative estimate of drug-likeness (QED) is 0.721. The molecule has 0 aromatic carbocycles. The molecular weight excluding hydrogens is 402 g/mol. The zero-order valence-electron chi connectivity index (χ0n) is 14.5. The van der Waals surface area contributed by atoms with Crippen molar-refractivity contribution in [3.63, 3.8) is 0 Å². The SMILES string of the molecule is O=C(c1cnc(Br)s1)N1CCC(N2CCCC(OCC3CC3)C2)CC1. The summed E-state index contributed by atoms with van der Waals surface area (Å²) >= 11 is 4.75. The number of hydrogen-bond acceptors (Lipinski definition) is 5. The Labute approximate surface area is 161 Å². The van der Waals surface area contributed by atoms with E-state index in [0.717, 1.165) is 53.8 Å². The number of rotatable bonds is 5. The van der Waals surface area contributed by atoms with Crippen LogP contribution in [0.15, 0.2) is 10.1 Å². The highest BCUT2D eigenvalue weighted by Gasteiger charge is 2.32. The third-order valence-electron chi connectivity index (χ3n) is 5.63. The number of aromatic nitrogens is 1. The number of halogens is 1. The fourth-order valence-electron chi connectivity index (χ4n) is 3.93. The predicted molar refractivity (Wildman–Crippen MR) is 102 cm³/mol. The van der Waals surface area contributed by atoms with E-state index >= 15 is 0 Å². The zero-order valence-corrected chi connectivity index (χ0v) is 16.9. The Balaban J connectivity index is 1.25. The van der Waals surface area contributed by atoms with E-state index in [2.05, 4.69) is 25.8 Å². The number of amides is 1. The summed E-state index contributed by atoms with van der Waals surface area (Å²) < 4.78 is 6.91. The summed E-state index contributed by atoms with van der Waals surface area (Å²) in [5, 5.41) is 0. The van der Waals surface area contributed by atoms with Gasteiger partial charge < -0.3 is 9.64 Å². The summed E-state index contributed by atoms with van der Waals surface area (Å²) in [6.07, 6.45) is 9.41. The van der Waals surface area contributed by atoms with Crippen molar-refractivity contribution in [2.45, 2.75) is 50.7 Å². The third kappa shape index (κ3) is 4.62. The van der Waals surface area contributed by atoms with Crippen molar-refractivity contribution in [1.82, 2.24) is 14.8 Å². The van der Waals surface area contributed by atoms with Crippen molar-refractivity contribution < 1.29 is 9.53 Å². The Morgan fingerprint density at radius 3 is 2.72 bits per heavy atom. The molecule has 1 aliphatic carbocycles. The van der Waals surface area contributed by atoms with Crippen LogP contribution in [0.1, 0.15) is 48.2 Å². The minimum Gasteiger partial charge on any atom is -0.377 e. The normalized spacial score (nSPS) is 26.1. The number of thiazole rings is 1. The molecule has 2 aliphatic heterocycles. The molecule has 0 radical (unpaired) electrons. The Morgan fingerprint density at radius 2 is 2.04 bits per heavy atom. The van der Waals surface area contributed by atoms with Gasteiger partial charge in [-0.05, 0) is 66.9 Å². The van der Waals surface area contributed by atoms with E-state index in [1.807, 2.05) is 4.90 Å². The van der Waals surface area contributed by atoms with Crippen LogP contribution in [0.4, 0.5) is 0 Å². The van der Waals surface area contributed by atoms with E-state index in [9.17, 15) is 4.79 Å². The van der Waals surface area contributed by atoms with Gasteiger partial charge in [0, 0.05) is 32.3 Å². The number of hydrogen-bond donors (Lipinski definition) is 0. The van der Waals surface area contributed by atoms with Crippen molar-refractivity contribution in [1.29, 1.82) is 0 Å². The standard InChI is InChI=1S/C18H26BrN3O2S/c19-18-20-10-16(25-18)17(23)21-8-5-14(6-9-21)22-7-1-2-15(11-22)24-12-13-3-4-13/h10,13-15H,1-9,11-12H2. The van der Waals surface area contributed by atoms with E-state index in [0.29, 0.717) is 12.1 Å². The number of carbonyl (C=O) groups excluding carboxylic acids is 1. The number of piperidine rings is 2. The van der Waals surface area contributed by atoms with E-state index in [1.165, 1.54) is 43.6 Å². The molecule has 25 heavy (non-hydrogen) atoms. The maximum Gasteiger partial charge on any atom is 0.265 e. The highest BCUT2D eigenvalue weighted by Crippen LogP contribution is 2.30. The summed E-state index contributed by atoms with van der Waals surface area (Å²) in [5.41, 5.74) is 0. The molecular formula is C18H26BrN3O2S. The topological polar surface area (TPSA) is 45.7 Å². The molecule has 2 saturated heterocycles. The first kappa shape index (κ1) is 17.9. The lowest BCUT2D eigenvalue weighted by Gasteiger charge is -2.42. The van der Waals surface area contributed by atoms with E-state index < -0.39 is 0 Å². The number of ether oxygens (including phenoxy) is 1. The maximum atomic E-state index is 12.5. The lowest BCUT2D eigenvalue weighted by Crippen LogP contribution is -2.51. The largest absolute Gasteiger partial charge is 0.377 e. The fraction of sp³-hybridized carbons (Fsp3) is 0.778. The summed E-state index contributed by atoms with van der Waals surface area (Å²) in [6, 6.07) is 0.601. The van der Waals surface area contributed by atoms with Gasteiger partial charge >= 0.3 is 0 Å². The van der Waals surface area contributed by atoms with Crippen molar-refractivity contribution >= 4 is 33.2 Å². The van der Waals surface area contributed by atoms with Gasteiger partial charge in [-0.15, -0.1) is 11.3 Å². The molecule has 1 aromatic rings. The van der Waals surface area contributed by atoms with Crippen molar-refractivity contribution in [3.8, 4) is 0 Å². The van der Waals surface area contributed by atoms with E-state index in [-0.39, 0.29) is 5.91 Å². The molecule has 3 heterocycles. The Kier molecular flexibility index (Phi) is 5.74. The number of likely N-dealkylation sites (tertiary alicyclic amines) is 2. The van der Waals surface area contributed by atoms with Gasteiger partial charge in [0.15, 0.2) is 3.92 Å². The lowest BCUT2D eigenvalue weighted by atomic mass is 9.98. The van der Waals surface area contributed by atoms with Crippen LogP contribution in [0.3, 0.4) is 0 Å². The Morgan fingerprint density at radius 1 is 1.24 bits per heavy atom. The molecule has 138 valence electrons. The van der Waals surface area contributed by atoms with Gasteiger partial charge in [-0.3, -0.25) is 9.69 Å². The van der Waals surface area contributed by atoms with Crippen molar-refractivity contribution in [2.24, 2.45) is 5.92 Å². The first-order valence-corrected chi connectivity index (χ1v) is 11.1. The third-order valence-corrected chi connectivity index (χ3v) is 7.09. The van der Waals surface area contributed by atoms with Crippen LogP contribution >= 0.6 is 27.3 Å². The van der Waals surface area contributed by atoms with Crippen LogP contribution in [0.25, 0.3) is 0 Å². The average Bonchev–Trinajstić information content (AvgIpc) is 3.39. The fourth-order valence-corrected chi connectivity index (χ4v) is 5.17. The van der Waals surface area contributed by atoms with Gasteiger partial charge in [0.25, 0.3) is 5.91 Å². The minimum absolute atomic E-state index is 0.130. The molecule has 4 rings (SSSR count). The molecule has 3 fully saturated rings. The molecule has 1 saturated carbocycles. The molecule has 1 atom stereocenters. The van der Waals surface area contributed by atoms with Gasteiger partial charge in [0.05, 0.1) is 12.3 Å². The molecule has 0 spiro atoms. The van der Waals surface area contributed by atoms with Crippen molar-refractivity contribution in [2.75, 3.05) is 32.8 Å². The van der Waals surface area contributed by atoms with E-state index in [4.69, 9.17) is 4.74 Å². The molecule has 1 unspecified atom stereocenters. The maximum absolute atomic E-state index is 12.5. The lowest BCUT2D eigenvalue weighted by molar-refractivity contribution is -0.0244. The van der Waals surface area contributed by atoms with Gasteiger partial charge in [-0.25, -0.2) is 4.98 Å². The first-order valence-electron chi connectivity index (χ1n) is 9.45. The molecule has 3 aliphatic rings. The second-order valence-corrected chi connectivity index (χ2v) is 9.84. The van der Waals surface area contributed by atoms with Gasteiger partial charge in [-0.2, -0.15) is 0 Å². The molecule has 5 nitrogen and oxygen atoms in total. The summed E-state index contributed by atoms with van der Waals surface area (Å²) in [6.45, 7) is 4.93. The number of nitrogens with zero attached hydrogens (tertiary/aromatic N) is 3. The first-order chi connectivity index (χ1) is 12.2. The number of carbonyl (C=O) groups is 1. The Hall–Kier alpha value is -0.500. The second kappa shape index (κ2) is 8.03. The summed E-state index contributed by atoms with van der Waals surface area (Å²) in [5.74, 6) is 0.974. The molecule has 1 aromatic heterocycles. The summed E-state index contributed by atoms with van der Waals surface area (Å²) in [4.78, 5) is 22.0. The van der Waals surface area contributed by atoms with E-state index in [1.54, 1.807) is 6.20 Å². The molecule has 0 bridgehead atoms. The smallest absolute Gasteiger partial charge is 0.265 e. The van der Waals surface area contributed by atoms with Crippen LogP contribution in [0.5, 0.6) is 0 Å². The van der Waals surface area contributed by atoms with Crippen molar-refractivity contribution in [3.05, 3.63) is 15.0 Å². The van der Waals surface area contributed by atoms with Gasteiger partial charge in [-0.1, -0.05) is 0 Å². The van der Waals surface area contributed by atoms with Gasteiger partial charge in [0.2, 0.25) is 0 Å².